The van der Waals surface area contributed by atoms with E-state index in [1.54, 1.807) is 43.4 Å². The molecule has 30 heavy (non-hydrogen) atoms. The Balaban J connectivity index is 1.31. The van der Waals surface area contributed by atoms with Crippen molar-refractivity contribution in [3.05, 3.63) is 53.2 Å². The molecule has 0 N–H and O–H groups in total. The lowest BCUT2D eigenvalue weighted by molar-refractivity contribution is 0.0588. The van der Waals surface area contributed by atoms with Gasteiger partial charge < -0.3 is 9.64 Å². The first-order valence-electron chi connectivity index (χ1n) is 10.00. The fourth-order valence-corrected chi connectivity index (χ4v) is 5.19. The van der Waals surface area contributed by atoms with Crippen LogP contribution in [0.4, 0.5) is 5.69 Å². The Hall–Kier alpha value is -2.32. The molecule has 0 atom stereocenters. The van der Waals surface area contributed by atoms with E-state index in [2.05, 4.69) is 4.98 Å². The zero-order chi connectivity index (χ0) is 21.3. The predicted molar refractivity (Wildman–Crippen MR) is 116 cm³/mol. The third-order valence-electron chi connectivity index (χ3n) is 5.52. The number of ether oxygens (including phenoxy) is 1. The van der Waals surface area contributed by atoms with Crippen LogP contribution in [-0.2, 0) is 10.0 Å². The van der Waals surface area contributed by atoms with Crippen molar-refractivity contribution in [3.63, 3.8) is 0 Å². The first-order valence-corrected chi connectivity index (χ1v) is 11.9. The normalized spacial score (nSPS) is 17.6. The first-order chi connectivity index (χ1) is 14.3. The minimum absolute atomic E-state index is 0.00694. The van der Waals surface area contributed by atoms with Gasteiger partial charge >= 0.3 is 0 Å². The number of hydrogen-bond donors (Lipinski definition) is 0. The Kier molecular flexibility index (Phi) is 5.88. The molecule has 1 saturated carbocycles. The topological polar surface area (TPSA) is 79.8 Å². The summed E-state index contributed by atoms with van der Waals surface area (Å²) in [6, 6.07) is 10.3. The van der Waals surface area contributed by atoms with Crippen LogP contribution in [0.15, 0.2) is 42.6 Å². The molecule has 7 nitrogen and oxygen atoms in total. The van der Waals surface area contributed by atoms with Crippen molar-refractivity contribution in [2.75, 3.05) is 24.4 Å². The molecule has 9 heteroatoms. The van der Waals surface area contributed by atoms with Crippen LogP contribution in [-0.4, -0.2) is 55.7 Å². The van der Waals surface area contributed by atoms with E-state index in [4.69, 9.17) is 16.3 Å². The number of anilines is 1. The van der Waals surface area contributed by atoms with E-state index >= 15 is 0 Å². The number of carbonyl (C=O) groups is 1. The van der Waals surface area contributed by atoms with E-state index in [-0.39, 0.29) is 17.3 Å². The molecule has 1 amide bonds. The Labute approximate surface area is 181 Å². The van der Waals surface area contributed by atoms with Gasteiger partial charge in [-0.1, -0.05) is 11.6 Å². The van der Waals surface area contributed by atoms with E-state index in [0.717, 1.165) is 12.8 Å². The number of pyridine rings is 1. The molecule has 160 valence electrons. The number of halogens is 1. The number of carbonyl (C=O) groups excluding carboxylic acids is 1. The number of aromatic nitrogens is 1. The van der Waals surface area contributed by atoms with Crippen LogP contribution in [0.25, 0.3) is 0 Å². The van der Waals surface area contributed by atoms with Gasteiger partial charge in [0.15, 0.2) is 0 Å². The lowest BCUT2D eigenvalue weighted by Gasteiger charge is -2.32. The highest BCUT2D eigenvalue weighted by molar-refractivity contribution is 7.93. The van der Waals surface area contributed by atoms with Gasteiger partial charge in [0.25, 0.3) is 5.91 Å². The van der Waals surface area contributed by atoms with Gasteiger partial charge in [-0.15, -0.1) is 0 Å². The van der Waals surface area contributed by atoms with Gasteiger partial charge in [-0.25, -0.2) is 13.4 Å². The Morgan fingerprint density at radius 3 is 2.33 bits per heavy atom. The van der Waals surface area contributed by atoms with E-state index in [1.807, 2.05) is 4.90 Å². The molecule has 1 aliphatic heterocycles. The number of likely N-dealkylation sites (tertiary alicyclic amines) is 1. The largest absolute Gasteiger partial charge is 0.474 e. The molecule has 0 spiro atoms. The first kappa shape index (κ1) is 20.9. The van der Waals surface area contributed by atoms with Crippen molar-refractivity contribution >= 4 is 33.2 Å². The van der Waals surface area contributed by atoms with Gasteiger partial charge in [0.05, 0.1) is 17.1 Å². The third-order valence-corrected chi connectivity index (χ3v) is 8.06. The molecule has 1 aromatic heterocycles. The lowest BCUT2D eigenvalue weighted by atomic mass is 10.1. The monoisotopic (exact) mass is 449 g/mol. The summed E-state index contributed by atoms with van der Waals surface area (Å²) in [6.45, 7) is 1.21. The molecule has 2 heterocycles. The summed E-state index contributed by atoms with van der Waals surface area (Å²) < 4.78 is 31.9. The third kappa shape index (κ3) is 4.54. The average molecular weight is 450 g/mol. The van der Waals surface area contributed by atoms with E-state index in [9.17, 15) is 13.2 Å². The molecule has 0 bridgehead atoms. The van der Waals surface area contributed by atoms with Crippen LogP contribution < -0.4 is 9.04 Å². The van der Waals surface area contributed by atoms with Crippen molar-refractivity contribution in [1.29, 1.82) is 0 Å². The molecule has 2 fully saturated rings. The zero-order valence-corrected chi connectivity index (χ0v) is 18.3. The quantitative estimate of drug-likeness (QED) is 0.675. The summed E-state index contributed by atoms with van der Waals surface area (Å²) in [5, 5.41) is 0.340. The highest BCUT2D eigenvalue weighted by Crippen LogP contribution is 2.33. The second-order valence-electron chi connectivity index (χ2n) is 7.68. The fourth-order valence-electron chi connectivity index (χ4n) is 3.49. The minimum atomic E-state index is -3.29. The number of benzene rings is 1. The number of amides is 1. The fraction of sp³-hybridized carbons (Fsp3) is 0.429. The number of hydrogen-bond acceptors (Lipinski definition) is 5. The van der Waals surface area contributed by atoms with Crippen molar-refractivity contribution in [1.82, 2.24) is 9.88 Å². The van der Waals surface area contributed by atoms with Gasteiger partial charge in [0.2, 0.25) is 15.9 Å². The average Bonchev–Trinajstić information content (AvgIpc) is 3.60. The van der Waals surface area contributed by atoms with Crippen LogP contribution in [0.1, 0.15) is 36.0 Å². The number of nitrogens with zero attached hydrogens (tertiary/aromatic N) is 3. The van der Waals surface area contributed by atoms with Gasteiger partial charge in [0, 0.05) is 49.6 Å². The van der Waals surface area contributed by atoms with Crippen molar-refractivity contribution in [3.8, 4) is 5.88 Å². The summed E-state index contributed by atoms with van der Waals surface area (Å²) in [4.78, 5) is 18.7. The molecule has 4 rings (SSSR count). The Bertz CT molecular complexity index is 1000. The van der Waals surface area contributed by atoms with E-state index in [0.29, 0.717) is 48.1 Å². The Morgan fingerprint density at radius 2 is 1.77 bits per heavy atom. The molecule has 0 radical (unpaired) electrons. The van der Waals surface area contributed by atoms with Crippen LogP contribution in [0.3, 0.4) is 0 Å². The maximum absolute atomic E-state index is 12.6. The van der Waals surface area contributed by atoms with Gasteiger partial charge in [-0.2, -0.15) is 0 Å². The second kappa shape index (κ2) is 8.43. The number of sulfonamides is 1. The van der Waals surface area contributed by atoms with Gasteiger partial charge in [-0.05, 0) is 43.2 Å². The molecular formula is C21H24ClN3O4S. The van der Waals surface area contributed by atoms with E-state index < -0.39 is 10.0 Å². The second-order valence-corrected chi connectivity index (χ2v) is 10.4. The van der Waals surface area contributed by atoms with Crippen molar-refractivity contribution in [2.24, 2.45) is 0 Å². The summed E-state index contributed by atoms with van der Waals surface area (Å²) in [5.74, 6) is 0.450. The summed E-state index contributed by atoms with van der Waals surface area (Å²) in [7, 11) is -1.74. The van der Waals surface area contributed by atoms with Crippen LogP contribution in [0.5, 0.6) is 5.88 Å². The SMILES string of the molecule is CN(c1ccc(OC2CCN(C(=O)c3ccc(Cl)cc3)CC2)nc1)S(=O)(=O)C1CC1. The Morgan fingerprint density at radius 1 is 1.10 bits per heavy atom. The molecule has 1 saturated heterocycles. The number of piperidine rings is 1. The van der Waals surface area contributed by atoms with Crippen molar-refractivity contribution < 1.29 is 17.9 Å². The summed E-state index contributed by atoms with van der Waals surface area (Å²) in [6.07, 6.45) is 4.35. The smallest absolute Gasteiger partial charge is 0.253 e. The molecular weight excluding hydrogens is 426 g/mol. The molecule has 1 aromatic carbocycles. The molecule has 2 aliphatic rings. The highest BCUT2D eigenvalue weighted by atomic mass is 35.5. The summed E-state index contributed by atoms with van der Waals surface area (Å²) >= 11 is 5.88. The maximum Gasteiger partial charge on any atom is 0.253 e. The van der Waals surface area contributed by atoms with Crippen molar-refractivity contribution in [2.45, 2.75) is 37.0 Å². The minimum Gasteiger partial charge on any atom is -0.474 e. The van der Waals surface area contributed by atoms with Gasteiger partial charge in [0.1, 0.15) is 6.10 Å². The zero-order valence-electron chi connectivity index (χ0n) is 16.7. The molecule has 2 aromatic rings. The van der Waals surface area contributed by atoms with Crippen LogP contribution in [0, 0.1) is 0 Å². The predicted octanol–water partition coefficient (Wildman–Crippen LogP) is 3.35. The highest BCUT2D eigenvalue weighted by Gasteiger charge is 2.39. The lowest BCUT2D eigenvalue weighted by Crippen LogP contribution is -2.41. The molecule has 0 unspecified atom stereocenters. The van der Waals surface area contributed by atoms with Crippen LogP contribution >= 0.6 is 11.6 Å². The van der Waals surface area contributed by atoms with Gasteiger partial charge in [-0.3, -0.25) is 9.10 Å². The molecule has 1 aliphatic carbocycles. The summed E-state index contributed by atoms with van der Waals surface area (Å²) in [5.41, 5.74) is 1.15. The number of rotatable bonds is 6. The van der Waals surface area contributed by atoms with E-state index in [1.165, 1.54) is 10.5 Å². The standard InChI is InChI=1S/C21H24ClN3O4S/c1-24(30(27,28)19-7-8-19)17-6-9-20(23-14-17)29-18-10-12-25(13-11-18)21(26)15-2-4-16(22)5-3-15/h2-6,9,14,18-19H,7-8,10-13H2,1H3. The maximum atomic E-state index is 12.6. The van der Waals surface area contributed by atoms with Crippen LogP contribution in [0.2, 0.25) is 5.02 Å².